The van der Waals surface area contributed by atoms with Crippen molar-refractivity contribution in [2.45, 2.75) is 44.2 Å². The maximum absolute atomic E-state index is 11.9. The minimum Gasteiger partial charge on any atom is -0.377 e. The molecule has 0 bridgehead atoms. The van der Waals surface area contributed by atoms with Gasteiger partial charge in [-0.2, -0.15) is 0 Å². The highest BCUT2D eigenvalue weighted by atomic mass is 16.5. The van der Waals surface area contributed by atoms with E-state index in [1.54, 1.807) is 13.1 Å². The van der Waals surface area contributed by atoms with Gasteiger partial charge in [0.1, 0.15) is 5.82 Å². The largest absolute Gasteiger partial charge is 0.377 e. The Labute approximate surface area is 192 Å². The van der Waals surface area contributed by atoms with E-state index in [9.17, 15) is 4.79 Å². The topological polar surface area (TPSA) is 79.4 Å². The quantitative estimate of drug-likeness (QED) is 0.723. The summed E-state index contributed by atoms with van der Waals surface area (Å²) in [5, 5.41) is 14.9. The van der Waals surface area contributed by atoms with Gasteiger partial charge in [0.05, 0.1) is 11.8 Å². The fourth-order valence-corrected chi connectivity index (χ4v) is 5.31. The van der Waals surface area contributed by atoms with Gasteiger partial charge in [0.2, 0.25) is 0 Å². The van der Waals surface area contributed by atoms with Crippen LogP contribution in [0.15, 0.2) is 36.4 Å². The zero-order valence-corrected chi connectivity index (χ0v) is 18.6. The first-order valence-electron chi connectivity index (χ1n) is 12.7. The first-order valence-corrected chi connectivity index (χ1v) is 11.7. The normalized spacial score (nSPS) is 29.2. The first kappa shape index (κ1) is 19.0. The molecule has 1 aliphatic carbocycles. The zero-order chi connectivity index (χ0) is 23.7. The average molecular weight is 438 g/mol. The van der Waals surface area contributed by atoms with Crippen LogP contribution in [0.2, 0.25) is 0 Å². The van der Waals surface area contributed by atoms with Crippen molar-refractivity contribution < 1.29 is 12.3 Å². The molecule has 3 aliphatic rings. The van der Waals surface area contributed by atoms with E-state index in [-0.39, 0.29) is 12.0 Å². The Morgan fingerprint density at radius 1 is 1.19 bits per heavy atom. The van der Waals surface area contributed by atoms with Crippen molar-refractivity contribution in [2.75, 3.05) is 38.6 Å². The highest BCUT2D eigenvalue weighted by molar-refractivity contribution is 5.95. The second-order valence-electron chi connectivity index (χ2n) is 9.19. The molecule has 1 amide bonds. The Morgan fingerprint density at radius 2 is 2.03 bits per heavy atom. The lowest BCUT2D eigenvalue weighted by Gasteiger charge is -2.28. The molecule has 0 spiro atoms. The molecule has 1 unspecified atom stereocenters. The molecule has 2 N–H and O–H groups in total. The number of nitrogens with zero attached hydrogens (tertiary/aromatic N) is 3. The summed E-state index contributed by atoms with van der Waals surface area (Å²) in [4.78, 5) is 13.9. The molecule has 170 valence electrons. The van der Waals surface area contributed by atoms with Gasteiger partial charge < -0.3 is 20.3 Å². The Balaban J connectivity index is 1.17. The minimum atomic E-state index is -1.38. The smallest absolute Gasteiger partial charge is 0.251 e. The Morgan fingerprint density at radius 3 is 2.72 bits per heavy atom. The number of amides is 1. The maximum atomic E-state index is 11.9. The van der Waals surface area contributed by atoms with Crippen LogP contribution in [0.1, 0.15) is 45.2 Å². The maximum Gasteiger partial charge on any atom is 0.251 e. The third kappa shape index (κ3) is 4.79. The molecule has 0 radical (unpaired) electrons. The number of aromatic nitrogens is 2. The SMILES string of the molecule is [2H]C([2H])([C@@H]1CCCCO1)N1C[C@H]2CC(Nc3ccc(-c4cccc(C(=O)NC)c4)nn3)C[C@H]2C1. The van der Waals surface area contributed by atoms with Gasteiger partial charge in [-0.3, -0.25) is 4.79 Å². The van der Waals surface area contributed by atoms with Crippen molar-refractivity contribution in [3.63, 3.8) is 0 Å². The highest BCUT2D eigenvalue weighted by Gasteiger charge is 2.41. The Kier molecular flexibility index (Phi) is 5.67. The van der Waals surface area contributed by atoms with Crippen molar-refractivity contribution in [1.29, 1.82) is 0 Å². The van der Waals surface area contributed by atoms with Gasteiger partial charge in [-0.1, -0.05) is 12.1 Å². The van der Waals surface area contributed by atoms with E-state index in [4.69, 9.17) is 7.48 Å². The molecule has 2 aliphatic heterocycles. The number of hydrogen-bond donors (Lipinski definition) is 2. The molecule has 5 rings (SSSR count). The summed E-state index contributed by atoms with van der Waals surface area (Å²) in [6, 6.07) is 11.5. The first-order chi connectivity index (χ1) is 16.4. The van der Waals surface area contributed by atoms with E-state index in [0.717, 1.165) is 62.3 Å². The third-order valence-electron chi connectivity index (χ3n) is 6.92. The van der Waals surface area contributed by atoms with E-state index >= 15 is 0 Å². The van der Waals surface area contributed by atoms with Crippen LogP contribution in [0.25, 0.3) is 11.3 Å². The third-order valence-corrected chi connectivity index (χ3v) is 6.92. The van der Waals surface area contributed by atoms with Crippen LogP contribution >= 0.6 is 0 Å². The van der Waals surface area contributed by atoms with Gasteiger partial charge in [-0.25, -0.2) is 0 Å². The van der Waals surface area contributed by atoms with E-state index in [0.29, 0.717) is 30.0 Å². The Bertz CT molecular complexity index is 999. The molecule has 7 nitrogen and oxygen atoms in total. The summed E-state index contributed by atoms with van der Waals surface area (Å²) < 4.78 is 23.1. The fraction of sp³-hybridized carbons (Fsp3) is 0.560. The van der Waals surface area contributed by atoms with Crippen LogP contribution < -0.4 is 10.6 Å². The molecule has 2 aromatic rings. The average Bonchev–Trinajstić information content (AvgIpc) is 3.44. The predicted molar refractivity (Wildman–Crippen MR) is 125 cm³/mol. The van der Waals surface area contributed by atoms with Gasteiger partial charge in [-0.15, -0.1) is 10.2 Å². The summed E-state index contributed by atoms with van der Waals surface area (Å²) in [5.74, 6) is 1.61. The molecule has 1 aromatic carbocycles. The summed E-state index contributed by atoms with van der Waals surface area (Å²) >= 11 is 0. The van der Waals surface area contributed by atoms with Gasteiger partial charge in [0.25, 0.3) is 5.91 Å². The van der Waals surface area contributed by atoms with Crippen LogP contribution in [0.3, 0.4) is 0 Å². The molecule has 3 fully saturated rings. The number of nitrogens with one attached hydrogen (secondary N) is 2. The number of likely N-dealkylation sites (tertiary alicyclic amines) is 1. The number of anilines is 1. The van der Waals surface area contributed by atoms with Crippen LogP contribution in [-0.4, -0.2) is 66.4 Å². The van der Waals surface area contributed by atoms with Crippen molar-refractivity contribution >= 4 is 11.7 Å². The van der Waals surface area contributed by atoms with Crippen LogP contribution in [0.4, 0.5) is 5.82 Å². The van der Waals surface area contributed by atoms with Gasteiger partial charge in [0.15, 0.2) is 0 Å². The van der Waals surface area contributed by atoms with E-state index in [1.165, 1.54) is 0 Å². The predicted octanol–water partition coefficient (Wildman–Crippen LogP) is 3.19. The lowest BCUT2D eigenvalue weighted by Crippen LogP contribution is -2.35. The van der Waals surface area contributed by atoms with E-state index in [1.807, 2.05) is 35.2 Å². The molecule has 1 aromatic heterocycles. The van der Waals surface area contributed by atoms with Crippen LogP contribution in [0, 0.1) is 11.8 Å². The number of hydrogen-bond acceptors (Lipinski definition) is 6. The van der Waals surface area contributed by atoms with Gasteiger partial charge in [-0.05, 0) is 68.2 Å². The summed E-state index contributed by atoms with van der Waals surface area (Å²) in [6.07, 6.45) is 4.63. The van der Waals surface area contributed by atoms with E-state index < -0.39 is 6.50 Å². The molecular weight excluding hydrogens is 402 g/mol. The van der Waals surface area contributed by atoms with Gasteiger partial charge >= 0.3 is 0 Å². The monoisotopic (exact) mass is 437 g/mol. The number of fused-ring (bicyclic) bond motifs is 1. The number of carbonyl (C=O) groups is 1. The summed E-state index contributed by atoms with van der Waals surface area (Å²) in [5.41, 5.74) is 2.17. The van der Waals surface area contributed by atoms with Crippen molar-refractivity contribution in [1.82, 2.24) is 20.4 Å². The number of rotatable bonds is 6. The van der Waals surface area contributed by atoms with Crippen molar-refractivity contribution in [3.05, 3.63) is 42.0 Å². The summed E-state index contributed by atoms with van der Waals surface area (Å²) in [7, 11) is 1.62. The van der Waals surface area contributed by atoms with Crippen LogP contribution in [-0.2, 0) is 4.74 Å². The number of ether oxygens (including phenoxy) is 1. The standard InChI is InChI=1S/C25H33N5O2/c1-26-25(31)18-6-4-5-17(11-18)23-8-9-24(29-28-23)27-21-12-19-14-30(15-20(19)13-21)16-22-7-2-3-10-32-22/h4-6,8-9,11,19-22H,2-3,7,10,12-16H2,1H3,(H,26,31)(H,27,29)/t19-,20+,21?,22-/m0/s1/i16D2. The molecule has 32 heavy (non-hydrogen) atoms. The second kappa shape index (κ2) is 9.55. The lowest BCUT2D eigenvalue weighted by atomic mass is 10.0. The molecular formula is C25H33N5O2. The minimum absolute atomic E-state index is 0.127. The fourth-order valence-electron chi connectivity index (χ4n) is 5.31. The van der Waals surface area contributed by atoms with Gasteiger partial charge in [0, 0.05) is 53.2 Å². The molecule has 3 heterocycles. The van der Waals surface area contributed by atoms with Crippen molar-refractivity contribution in [3.8, 4) is 11.3 Å². The Hall–Kier alpha value is -2.51. The molecule has 1 saturated carbocycles. The number of carbonyl (C=O) groups excluding carboxylic acids is 1. The molecule has 4 atom stereocenters. The van der Waals surface area contributed by atoms with Crippen LogP contribution in [0.5, 0.6) is 0 Å². The highest BCUT2D eigenvalue weighted by Crippen LogP contribution is 2.39. The zero-order valence-electron chi connectivity index (χ0n) is 20.6. The lowest BCUT2D eigenvalue weighted by molar-refractivity contribution is -0.00303. The molecule has 7 heteroatoms. The number of benzene rings is 1. The van der Waals surface area contributed by atoms with E-state index in [2.05, 4.69) is 20.8 Å². The molecule has 2 saturated heterocycles. The second-order valence-corrected chi connectivity index (χ2v) is 9.19. The summed E-state index contributed by atoms with van der Waals surface area (Å²) in [6.45, 7) is 0.879. The van der Waals surface area contributed by atoms with Crippen molar-refractivity contribution in [2.24, 2.45) is 11.8 Å².